The van der Waals surface area contributed by atoms with E-state index in [0.29, 0.717) is 0 Å². The van der Waals surface area contributed by atoms with Gasteiger partial charge in [0.2, 0.25) is 0 Å². The maximum Gasteiger partial charge on any atom is 0.0517 e. The molecule has 0 heterocycles. The number of rotatable bonds is 3. The molecule has 0 aliphatic carbocycles. The SMILES string of the molecule is O.O.O=C([O-])CSc1[c]cccc1.[OH-].[Sb]. The summed E-state index contributed by atoms with van der Waals surface area (Å²) in [5.41, 5.74) is 0. The molecule has 0 bridgehead atoms. The van der Waals surface area contributed by atoms with Gasteiger partial charge in [-0.3, -0.25) is 0 Å². The van der Waals surface area contributed by atoms with Gasteiger partial charge in [0.15, 0.2) is 0 Å². The molecule has 0 amide bonds. The van der Waals surface area contributed by atoms with Crippen molar-refractivity contribution in [2.45, 2.75) is 4.90 Å². The van der Waals surface area contributed by atoms with E-state index in [1.807, 2.05) is 18.2 Å². The summed E-state index contributed by atoms with van der Waals surface area (Å²) in [7, 11) is 0. The molecule has 86 valence electrons. The molecule has 0 saturated carbocycles. The molecule has 0 spiro atoms. The number of thioether (sulfide) groups is 1. The molecule has 0 unspecified atom stereocenters. The van der Waals surface area contributed by atoms with E-state index < -0.39 is 5.97 Å². The van der Waals surface area contributed by atoms with Crippen molar-refractivity contribution in [3.8, 4) is 0 Å². The Morgan fingerprint density at radius 1 is 1.40 bits per heavy atom. The summed E-state index contributed by atoms with van der Waals surface area (Å²) < 4.78 is 0. The summed E-state index contributed by atoms with van der Waals surface area (Å²) in [6.45, 7) is 0. The molecule has 0 atom stereocenters. The van der Waals surface area contributed by atoms with Gasteiger partial charge >= 0.3 is 0 Å². The van der Waals surface area contributed by atoms with Crippen LogP contribution in [-0.2, 0) is 4.79 Å². The van der Waals surface area contributed by atoms with Crippen LogP contribution in [0.25, 0.3) is 0 Å². The Kier molecular flexibility index (Phi) is 22.1. The first-order chi connectivity index (χ1) is 5.29. The van der Waals surface area contributed by atoms with Gasteiger partial charge in [0, 0.05) is 35.1 Å². The van der Waals surface area contributed by atoms with E-state index in [-0.39, 0.29) is 46.6 Å². The first-order valence-electron chi connectivity index (χ1n) is 3.08. The summed E-state index contributed by atoms with van der Waals surface area (Å²) in [6, 6.07) is 10.1. The van der Waals surface area contributed by atoms with E-state index >= 15 is 0 Å². The van der Waals surface area contributed by atoms with E-state index in [2.05, 4.69) is 6.07 Å². The Balaban J connectivity index is -0.000000151. The summed E-state index contributed by atoms with van der Waals surface area (Å²) in [6.07, 6.45) is 0. The first-order valence-corrected chi connectivity index (χ1v) is 4.07. The van der Waals surface area contributed by atoms with E-state index in [0.717, 1.165) is 4.90 Å². The van der Waals surface area contributed by atoms with Crippen molar-refractivity contribution in [2.75, 3.05) is 5.75 Å². The Labute approximate surface area is 109 Å². The maximum absolute atomic E-state index is 10.0. The fraction of sp³-hybridized carbons (Fsp3) is 0.125. The zero-order chi connectivity index (χ0) is 8.10. The first kappa shape index (κ1) is 24.1. The number of carbonyl (C=O) groups is 1. The van der Waals surface area contributed by atoms with Crippen LogP contribution >= 0.6 is 11.8 Å². The summed E-state index contributed by atoms with van der Waals surface area (Å²) in [5, 5.41) is 10.0. The number of carboxylic acids is 1. The molecule has 0 fully saturated rings. The Hall–Kier alpha value is -0.262. The fourth-order valence-corrected chi connectivity index (χ4v) is 1.20. The average Bonchev–Trinajstić information content (AvgIpc) is 2.03. The molecule has 5 nitrogen and oxygen atoms in total. The Bertz CT molecular complexity index is 244. The summed E-state index contributed by atoms with van der Waals surface area (Å²) in [5.74, 6) is -1.06. The minimum absolute atomic E-state index is 0. The van der Waals surface area contributed by atoms with Crippen LogP contribution in [0.2, 0.25) is 0 Å². The second-order valence-electron chi connectivity index (χ2n) is 1.89. The average molecular weight is 341 g/mol. The third kappa shape index (κ3) is 11.7. The van der Waals surface area contributed by atoms with Crippen molar-refractivity contribution in [3.05, 3.63) is 30.3 Å². The van der Waals surface area contributed by atoms with E-state index in [9.17, 15) is 9.90 Å². The van der Waals surface area contributed by atoms with Gasteiger partial charge in [-0.1, -0.05) is 18.2 Å². The molecule has 15 heavy (non-hydrogen) atoms. The van der Waals surface area contributed by atoms with Crippen molar-refractivity contribution >= 4 is 42.2 Å². The van der Waals surface area contributed by atoms with Crippen molar-refractivity contribution in [3.63, 3.8) is 0 Å². The van der Waals surface area contributed by atoms with Gasteiger partial charge in [-0.15, -0.1) is 11.8 Å². The number of hydrogen-bond donors (Lipinski definition) is 0. The predicted molar refractivity (Wildman–Crippen MR) is 55.9 cm³/mol. The van der Waals surface area contributed by atoms with Gasteiger partial charge in [-0.05, 0) is 12.1 Å². The summed E-state index contributed by atoms with van der Waals surface area (Å²) in [4.78, 5) is 10.9. The van der Waals surface area contributed by atoms with Crippen molar-refractivity contribution in [2.24, 2.45) is 0 Å². The van der Waals surface area contributed by atoms with Gasteiger partial charge < -0.3 is 26.3 Å². The van der Waals surface area contributed by atoms with Crippen molar-refractivity contribution in [1.82, 2.24) is 0 Å². The van der Waals surface area contributed by atoms with Crippen molar-refractivity contribution in [1.29, 1.82) is 0 Å². The maximum atomic E-state index is 10.0. The van der Waals surface area contributed by atoms with Crippen LogP contribution in [0.3, 0.4) is 0 Å². The number of benzene rings is 1. The molecular weight excluding hydrogens is 330 g/mol. The van der Waals surface area contributed by atoms with Crippen LogP contribution in [0.4, 0.5) is 0 Å². The van der Waals surface area contributed by atoms with Crippen LogP contribution in [0, 0.1) is 6.07 Å². The van der Waals surface area contributed by atoms with Gasteiger partial charge in [0.05, 0.1) is 5.97 Å². The van der Waals surface area contributed by atoms with E-state index in [1.54, 1.807) is 6.07 Å². The molecule has 1 aromatic carbocycles. The standard InChI is InChI=1S/C8H7O2S.3H2O.Sb/c9-8(10)6-11-7-4-2-1-3-5-7;;;;/h1-4H,6H2,(H,9,10);3*1H2;/p-2. The quantitative estimate of drug-likeness (QED) is 0.470. The predicted octanol–water partition coefficient (Wildman–Crippen LogP) is -1.88. The molecule has 7 heteroatoms. The van der Waals surface area contributed by atoms with Gasteiger partial charge in [0.1, 0.15) is 0 Å². The van der Waals surface area contributed by atoms with Crippen LogP contribution in [0.5, 0.6) is 0 Å². The molecule has 1 rings (SSSR count). The fourth-order valence-electron chi connectivity index (χ4n) is 0.603. The molecule has 0 aliphatic rings. The van der Waals surface area contributed by atoms with E-state index in [4.69, 9.17) is 0 Å². The minimum Gasteiger partial charge on any atom is -0.870 e. The third-order valence-corrected chi connectivity index (χ3v) is 1.97. The molecule has 5 N–H and O–H groups in total. The third-order valence-electron chi connectivity index (χ3n) is 1.03. The second-order valence-corrected chi connectivity index (χ2v) is 2.90. The molecule has 0 aromatic heterocycles. The zero-order valence-electron chi connectivity index (χ0n) is 7.64. The normalized spacial score (nSPS) is 6.93. The van der Waals surface area contributed by atoms with Gasteiger partial charge in [-0.25, -0.2) is 0 Å². The second kappa shape index (κ2) is 13.7. The van der Waals surface area contributed by atoms with Crippen LogP contribution in [0.15, 0.2) is 29.2 Å². The monoisotopic (exact) mass is 340 g/mol. The van der Waals surface area contributed by atoms with Crippen LogP contribution < -0.4 is 5.11 Å². The minimum atomic E-state index is -1.05. The van der Waals surface area contributed by atoms with Crippen LogP contribution in [-0.4, -0.2) is 52.6 Å². The molecule has 0 saturated heterocycles. The van der Waals surface area contributed by atoms with Gasteiger partial charge in [0.25, 0.3) is 0 Å². The topological polar surface area (TPSA) is 133 Å². The largest absolute Gasteiger partial charge is 0.870 e. The number of aliphatic carboxylic acids is 1. The summed E-state index contributed by atoms with van der Waals surface area (Å²) >= 11 is 1.21. The Morgan fingerprint density at radius 3 is 2.40 bits per heavy atom. The molecule has 1 aromatic rings. The molecule has 4 radical (unpaired) electrons. The molecule has 0 aliphatic heterocycles. The molecular formula is C8H11O5SSb-2. The Morgan fingerprint density at radius 2 is 2.00 bits per heavy atom. The number of hydrogen-bond acceptors (Lipinski definition) is 4. The smallest absolute Gasteiger partial charge is 0.0517 e. The zero-order valence-corrected chi connectivity index (χ0v) is 11.0. The number of carbonyl (C=O) groups excluding carboxylic acids is 1. The van der Waals surface area contributed by atoms with Crippen LogP contribution in [0.1, 0.15) is 0 Å². The number of carboxylic acid groups (broad SMARTS) is 1. The van der Waals surface area contributed by atoms with Gasteiger partial charge in [-0.2, -0.15) is 0 Å². The van der Waals surface area contributed by atoms with Crippen molar-refractivity contribution < 1.29 is 26.3 Å². The van der Waals surface area contributed by atoms with E-state index in [1.165, 1.54) is 11.8 Å².